The number of nitrogens with one attached hydrogen (secondary N) is 1. The molecule has 1 aliphatic rings. The molecule has 2 unspecified atom stereocenters. The number of carboxylic acid groups (broad SMARTS) is 1. The topological polar surface area (TPSA) is 100 Å². The summed E-state index contributed by atoms with van der Waals surface area (Å²) in [5.74, 6) is -0.662. The van der Waals surface area contributed by atoms with Crippen molar-refractivity contribution in [1.82, 2.24) is 25.0 Å². The summed E-state index contributed by atoms with van der Waals surface area (Å²) in [6, 6.07) is -0.225. The Balaban J connectivity index is 1.77. The normalized spacial score (nSPS) is 22.0. The van der Waals surface area contributed by atoms with Crippen LogP contribution in [-0.4, -0.2) is 56.4 Å². The summed E-state index contributed by atoms with van der Waals surface area (Å²) in [5.41, 5.74) is 0. The molecule has 110 valence electrons. The lowest BCUT2D eigenvalue weighted by molar-refractivity contribution is -0.142. The van der Waals surface area contributed by atoms with Crippen molar-refractivity contribution in [2.24, 2.45) is 18.9 Å². The standard InChI is InChI=1S/C12H19N5O3/c1-8-5-17(6-9(8)11(18)19)12(20)13-4-3-10-14-7-16(2)15-10/h7-9H,3-6H2,1-2H3,(H,13,20)(H,18,19). The first-order valence-corrected chi connectivity index (χ1v) is 6.57. The Labute approximate surface area is 116 Å². The van der Waals surface area contributed by atoms with Crippen molar-refractivity contribution in [3.05, 3.63) is 12.2 Å². The van der Waals surface area contributed by atoms with E-state index in [0.717, 1.165) is 0 Å². The van der Waals surface area contributed by atoms with Gasteiger partial charge >= 0.3 is 12.0 Å². The Morgan fingerprint density at radius 1 is 1.50 bits per heavy atom. The molecule has 1 aromatic rings. The van der Waals surface area contributed by atoms with Gasteiger partial charge in [-0.2, -0.15) is 5.10 Å². The molecule has 0 aliphatic carbocycles. The maximum absolute atomic E-state index is 11.9. The average molecular weight is 281 g/mol. The molecule has 8 nitrogen and oxygen atoms in total. The van der Waals surface area contributed by atoms with Gasteiger partial charge in [0.05, 0.1) is 5.92 Å². The monoisotopic (exact) mass is 281 g/mol. The minimum Gasteiger partial charge on any atom is -0.481 e. The highest BCUT2D eigenvalue weighted by Gasteiger charge is 2.36. The molecule has 0 spiro atoms. The zero-order valence-corrected chi connectivity index (χ0v) is 11.6. The molecular weight excluding hydrogens is 262 g/mol. The van der Waals surface area contributed by atoms with Crippen molar-refractivity contribution in [3.63, 3.8) is 0 Å². The van der Waals surface area contributed by atoms with Gasteiger partial charge in [0.2, 0.25) is 0 Å². The Morgan fingerprint density at radius 3 is 2.80 bits per heavy atom. The summed E-state index contributed by atoms with van der Waals surface area (Å²) < 4.78 is 1.61. The van der Waals surface area contributed by atoms with E-state index in [-0.39, 0.29) is 18.5 Å². The zero-order chi connectivity index (χ0) is 14.7. The van der Waals surface area contributed by atoms with Crippen LogP contribution in [0.2, 0.25) is 0 Å². The number of urea groups is 1. The number of aliphatic carboxylic acids is 1. The van der Waals surface area contributed by atoms with Gasteiger partial charge in [-0.25, -0.2) is 9.78 Å². The number of hydrogen-bond donors (Lipinski definition) is 2. The summed E-state index contributed by atoms with van der Waals surface area (Å²) in [4.78, 5) is 28.6. The third kappa shape index (κ3) is 3.25. The average Bonchev–Trinajstić information content (AvgIpc) is 2.95. The Morgan fingerprint density at radius 2 is 2.25 bits per heavy atom. The first-order chi connectivity index (χ1) is 9.47. The number of carboxylic acids is 1. The molecule has 0 saturated carbocycles. The number of hydrogen-bond acceptors (Lipinski definition) is 4. The molecule has 2 rings (SSSR count). The molecule has 8 heteroatoms. The maximum atomic E-state index is 11.9. The highest BCUT2D eigenvalue weighted by molar-refractivity contribution is 5.77. The summed E-state index contributed by atoms with van der Waals surface area (Å²) in [5, 5.41) is 15.9. The largest absolute Gasteiger partial charge is 0.481 e. The van der Waals surface area contributed by atoms with Crippen molar-refractivity contribution >= 4 is 12.0 Å². The van der Waals surface area contributed by atoms with E-state index in [0.29, 0.717) is 25.3 Å². The second-order valence-electron chi connectivity index (χ2n) is 5.14. The van der Waals surface area contributed by atoms with Crippen LogP contribution < -0.4 is 5.32 Å². The first kappa shape index (κ1) is 14.3. The molecule has 2 N–H and O–H groups in total. The Kier molecular flexibility index (Phi) is 4.21. The molecule has 0 radical (unpaired) electrons. The van der Waals surface area contributed by atoms with Crippen molar-refractivity contribution in [2.45, 2.75) is 13.3 Å². The quantitative estimate of drug-likeness (QED) is 0.790. The van der Waals surface area contributed by atoms with E-state index in [1.807, 2.05) is 6.92 Å². The second-order valence-corrected chi connectivity index (χ2v) is 5.14. The predicted molar refractivity (Wildman–Crippen MR) is 70.0 cm³/mol. The summed E-state index contributed by atoms with van der Waals surface area (Å²) >= 11 is 0. The van der Waals surface area contributed by atoms with Crippen LogP contribution >= 0.6 is 0 Å². The van der Waals surface area contributed by atoms with E-state index in [4.69, 9.17) is 5.11 Å². The minimum atomic E-state index is -0.842. The van der Waals surface area contributed by atoms with Crippen LogP contribution in [0.15, 0.2) is 6.33 Å². The smallest absolute Gasteiger partial charge is 0.317 e. The maximum Gasteiger partial charge on any atom is 0.317 e. The summed E-state index contributed by atoms with van der Waals surface area (Å²) in [6.07, 6.45) is 2.16. The van der Waals surface area contributed by atoms with Crippen LogP contribution in [0, 0.1) is 11.8 Å². The lowest BCUT2D eigenvalue weighted by atomic mass is 9.99. The number of carbonyl (C=O) groups excluding carboxylic acids is 1. The number of nitrogens with zero attached hydrogens (tertiary/aromatic N) is 4. The molecule has 1 aromatic heterocycles. The third-order valence-corrected chi connectivity index (χ3v) is 3.49. The minimum absolute atomic E-state index is 0.0179. The summed E-state index contributed by atoms with van der Waals surface area (Å²) in [6.45, 7) is 3.03. The zero-order valence-electron chi connectivity index (χ0n) is 11.6. The van der Waals surface area contributed by atoms with Crippen LogP contribution in [0.1, 0.15) is 12.7 Å². The van der Waals surface area contributed by atoms with Crippen molar-refractivity contribution in [1.29, 1.82) is 0 Å². The third-order valence-electron chi connectivity index (χ3n) is 3.49. The van der Waals surface area contributed by atoms with Gasteiger partial charge in [-0.1, -0.05) is 6.92 Å². The van der Waals surface area contributed by atoms with Crippen molar-refractivity contribution < 1.29 is 14.7 Å². The SMILES string of the molecule is CC1CN(C(=O)NCCc2ncn(C)n2)CC1C(=O)O. The van der Waals surface area contributed by atoms with Gasteiger partial charge in [-0.05, 0) is 5.92 Å². The predicted octanol–water partition coefficient (Wildman–Crippen LogP) is -0.280. The van der Waals surface area contributed by atoms with E-state index >= 15 is 0 Å². The van der Waals surface area contributed by atoms with Gasteiger partial charge < -0.3 is 15.3 Å². The number of likely N-dealkylation sites (tertiary alicyclic amines) is 1. The molecule has 1 saturated heterocycles. The molecule has 0 bridgehead atoms. The fourth-order valence-corrected chi connectivity index (χ4v) is 2.35. The number of carbonyl (C=O) groups is 2. The Hall–Kier alpha value is -2.12. The molecule has 2 amide bonds. The highest BCUT2D eigenvalue weighted by atomic mass is 16.4. The number of aryl methyl sites for hydroxylation is 1. The van der Waals surface area contributed by atoms with Gasteiger partial charge in [-0.15, -0.1) is 0 Å². The Bertz CT molecular complexity index is 501. The van der Waals surface area contributed by atoms with Crippen molar-refractivity contribution in [2.75, 3.05) is 19.6 Å². The molecular formula is C12H19N5O3. The molecule has 20 heavy (non-hydrogen) atoms. The van der Waals surface area contributed by atoms with E-state index in [9.17, 15) is 9.59 Å². The van der Waals surface area contributed by atoms with Crippen LogP contribution in [0.25, 0.3) is 0 Å². The van der Waals surface area contributed by atoms with Gasteiger partial charge in [0, 0.05) is 33.1 Å². The van der Waals surface area contributed by atoms with Gasteiger partial charge in [-0.3, -0.25) is 9.48 Å². The van der Waals surface area contributed by atoms with Crippen LogP contribution in [0.4, 0.5) is 4.79 Å². The van der Waals surface area contributed by atoms with Crippen LogP contribution in [-0.2, 0) is 18.3 Å². The van der Waals surface area contributed by atoms with Gasteiger partial charge in [0.25, 0.3) is 0 Å². The van der Waals surface area contributed by atoms with Crippen LogP contribution in [0.3, 0.4) is 0 Å². The van der Waals surface area contributed by atoms with Crippen molar-refractivity contribution in [3.8, 4) is 0 Å². The van der Waals surface area contributed by atoms with Gasteiger partial charge in [0.1, 0.15) is 6.33 Å². The highest BCUT2D eigenvalue weighted by Crippen LogP contribution is 2.22. The van der Waals surface area contributed by atoms with E-state index in [1.54, 1.807) is 23.0 Å². The van der Waals surface area contributed by atoms with E-state index in [2.05, 4.69) is 15.4 Å². The molecule has 0 aromatic carbocycles. The second kappa shape index (κ2) is 5.89. The summed E-state index contributed by atoms with van der Waals surface area (Å²) in [7, 11) is 1.78. The van der Waals surface area contributed by atoms with E-state index < -0.39 is 11.9 Å². The number of aromatic nitrogens is 3. The molecule has 1 fully saturated rings. The molecule has 2 atom stereocenters. The molecule has 1 aliphatic heterocycles. The fourth-order valence-electron chi connectivity index (χ4n) is 2.35. The lowest BCUT2D eigenvalue weighted by Crippen LogP contribution is -2.40. The van der Waals surface area contributed by atoms with Gasteiger partial charge in [0.15, 0.2) is 5.82 Å². The van der Waals surface area contributed by atoms with Crippen LogP contribution in [0.5, 0.6) is 0 Å². The molecule has 2 heterocycles. The van der Waals surface area contributed by atoms with E-state index in [1.165, 1.54) is 0 Å². The fraction of sp³-hybridized carbons (Fsp3) is 0.667. The number of amides is 2. The first-order valence-electron chi connectivity index (χ1n) is 6.57. The lowest BCUT2D eigenvalue weighted by Gasteiger charge is -2.16. The number of rotatable bonds is 4.